The van der Waals surface area contributed by atoms with Crippen LogP contribution in [0.1, 0.15) is 26.0 Å². The van der Waals surface area contributed by atoms with E-state index in [-0.39, 0.29) is 17.9 Å². The minimum atomic E-state index is 0.0231. The quantitative estimate of drug-likeness (QED) is 0.902. The average Bonchev–Trinajstić information content (AvgIpc) is 3.14. The first-order chi connectivity index (χ1) is 10.6. The Morgan fingerprint density at radius 3 is 3.05 bits per heavy atom. The molecule has 3 heterocycles. The lowest BCUT2D eigenvalue weighted by molar-refractivity contribution is -0.131. The van der Waals surface area contributed by atoms with E-state index in [9.17, 15) is 4.79 Å². The van der Waals surface area contributed by atoms with Crippen molar-refractivity contribution in [1.29, 1.82) is 0 Å². The van der Waals surface area contributed by atoms with Gasteiger partial charge in [-0.15, -0.1) is 0 Å². The number of piperidine rings is 1. The molecule has 2 aliphatic heterocycles. The first-order valence-corrected chi connectivity index (χ1v) is 8.27. The van der Waals surface area contributed by atoms with Gasteiger partial charge in [0.05, 0.1) is 24.8 Å². The second kappa shape index (κ2) is 6.84. The number of hydrogen-bond acceptors (Lipinski definition) is 4. The van der Waals surface area contributed by atoms with Gasteiger partial charge in [0.1, 0.15) is 5.76 Å². The summed E-state index contributed by atoms with van der Waals surface area (Å²) in [5, 5.41) is 3.03. The van der Waals surface area contributed by atoms with E-state index >= 15 is 0 Å². The van der Waals surface area contributed by atoms with E-state index in [1.807, 2.05) is 12.1 Å². The Morgan fingerprint density at radius 2 is 2.32 bits per heavy atom. The standard InChI is InChI=1S/C17H26N2O3/c1-12(2)9-19-10-15(14-5-7-22-16(14)11-19)17(20)18-8-13-4-3-6-21-13/h3-4,6,12,14-16H,5,7-11H2,1-2H3,(H,18,20)/t14-,15+,16+/m0/s1. The molecule has 5 nitrogen and oxygen atoms in total. The summed E-state index contributed by atoms with van der Waals surface area (Å²) in [6.45, 7) is 8.50. The Morgan fingerprint density at radius 1 is 1.45 bits per heavy atom. The van der Waals surface area contributed by atoms with E-state index in [4.69, 9.17) is 9.15 Å². The highest BCUT2D eigenvalue weighted by Crippen LogP contribution is 2.34. The first kappa shape index (κ1) is 15.6. The van der Waals surface area contributed by atoms with Crippen LogP contribution in [-0.4, -0.2) is 43.2 Å². The number of nitrogens with one attached hydrogen (secondary N) is 1. The number of amides is 1. The predicted molar refractivity (Wildman–Crippen MR) is 83.2 cm³/mol. The van der Waals surface area contributed by atoms with Crippen molar-refractivity contribution < 1.29 is 13.9 Å². The number of hydrogen-bond donors (Lipinski definition) is 1. The Bertz CT molecular complexity index is 486. The Labute approximate surface area is 132 Å². The van der Waals surface area contributed by atoms with E-state index in [1.165, 1.54) is 0 Å². The summed E-state index contributed by atoms with van der Waals surface area (Å²) in [6, 6.07) is 3.72. The third-order valence-electron chi connectivity index (χ3n) is 4.65. The van der Waals surface area contributed by atoms with Gasteiger partial charge in [-0.3, -0.25) is 9.69 Å². The molecule has 0 aliphatic carbocycles. The minimum Gasteiger partial charge on any atom is -0.467 e. The van der Waals surface area contributed by atoms with Crippen molar-refractivity contribution in [2.75, 3.05) is 26.2 Å². The van der Waals surface area contributed by atoms with Gasteiger partial charge in [-0.25, -0.2) is 0 Å². The van der Waals surface area contributed by atoms with Crippen LogP contribution in [0.3, 0.4) is 0 Å². The summed E-state index contributed by atoms with van der Waals surface area (Å²) in [5.41, 5.74) is 0. The number of rotatable bonds is 5. The molecule has 1 aromatic rings. The number of nitrogens with zero attached hydrogens (tertiary/aromatic N) is 1. The fraction of sp³-hybridized carbons (Fsp3) is 0.706. The molecule has 1 N–H and O–H groups in total. The Hall–Kier alpha value is -1.33. The Kier molecular flexibility index (Phi) is 4.84. The van der Waals surface area contributed by atoms with Crippen molar-refractivity contribution in [3.63, 3.8) is 0 Å². The van der Waals surface area contributed by atoms with Crippen LogP contribution in [0.2, 0.25) is 0 Å². The third-order valence-corrected chi connectivity index (χ3v) is 4.65. The van der Waals surface area contributed by atoms with Crippen molar-refractivity contribution in [2.24, 2.45) is 17.8 Å². The summed E-state index contributed by atoms with van der Waals surface area (Å²) in [6.07, 6.45) is 2.85. The summed E-state index contributed by atoms with van der Waals surface area (Å²) in [4.78, 5) is 15.0. The molecule has 3 rings (SSSR count). The summed E-state index contributed by atoms with van der Waals surface area (Å²) in [5.74, 6) is 1.91. The van der Waals surface area contributed by atoms with Gasteiger partial charge >= 0.3 is 0 Å². The molecule has 2 saturated heterocycles. The molecule has 2 aliphatic rings. The number of carbonyl (C=O) groups is 1. The third kappa shape index (κ3) is 3.52. The average molecular weight is 306 g/mol. The molecule has 0 aromatic carbocycles. The maximum Gasteiger partial charge on any atom is 0.225 e. The zero-order chi connectivity index (χ0) is 15.5. The summed E-state index contributed by atoms with van der Waals surface area (Å²) >= 11 is 0. The fourth-order valence-corrected chi connectivity index (χ4v) is 3.72. The number of ether oxygens (including phenoxy) is 1. The zero-order valence-corrected chi connectivity index (χ0v) is 13.5. The largest absolute Gasteiger partial charge is 0.467 e. The highest BCUT2D eigenvalue weighted by Gasteiger charge is 2.43. The monoisotopic (exact) mass is 306 g/mol. The molecule has 1 aromatic heterocycles. The van der Waals surface area contributed by atoms with Gasteiger partial charge in [0, 0.05) is 32.2 Å². The van der Waals surface area contributed by atoms with Gasteiger partial charge in [0.25, 0.3) is 0 Å². The maximum atomic E-state index is 12.6. The van der Waals surface area contributed by atoms with Crippen LogP contribution in [0.15, 0.2) is 22.8 Å². The molecule has 22 heavy (non-hydrogen) atoms. The number of furan rings is 1. The van der Waals surface area contributed by atoms with Gasteiger partial charge in [-0.2, -0.15) is 0 Å². The molecular weight excluding hydrogens is 280 g/mol. The lowest BCUT2D eigenvalue weighted by atomic mass is 9.82. The van der Waals surface area contributed by atoms with Gasteiger partial charge in [-0.05, 0) is 24.5 Å². The van der Waals surface area contributed by atoms with Gasteiger partial charge in [0.15, 0.2) is 0 Å². The molecule has 122 valence electrons. The van der Waals surface area contributed by atoms with Gasteiger partial charge in [0.2, 0.25) is 5.91 Å². The van der Waals surface area contributed by atoms with Crippen LogP contribution in [0, 0.1) is 17.8 Å². The smallest absolute Gasteiger partial charge is 0.225 e. The normalized spacial score (nSPS) is 28.8. The number of carbonyl (C=O) groups excluding carboxylic acids is 1. The van der Waals surface area contributed by atoms with Crippen molar-refractivity contribution in [2.45, 2.75) is 32.9 Å². The van der Waals surface area contributed by atoms with E-state index in [1.54, 1.807) is 6.26 Å². The summed E-state index contributed by atoms with van der Waals surface area (Å²) in [7, 11) is 0. The fourth-order valence-electron chi connectivity index (χ4n) is 3.72. The topological polar surface area (TPSA) is 54.7 Å². The molecule has 5 heteroatoms. The predicted octanol–water partition coefficient (Wildman–Crippen LogP) is 1.89. The molecule has 0 saturated carbocycles. The van der Waals surface area contributed by atoms with Gasteiger partial charge < -0.3 is 14.5 Å². The van der Waals surface area contributed by atoms with Crippen molar-refractivity contribution in [3.8, 4) is 0 Å². The molecule has 0 bridgehead atoms. The van der Waals surface area contributed by atoms with Crippen LogP contribution in [0.4, 0.5) is 0 Å². The van der Waals surface area contributed by atoms with Crippen LogP contribution in [0.25, 0.3) is 0 Å². The molecule has 0 unspecified atom stereocenters. The van der Waals surface area contributed by atoms with Crippen molar-refractivity contribution in [3.05, 3.63) is 24.2 Å². The second-order valence-electron chi connectivity index (χ2n) is 6.88. The molecule has 1 amide bonds. The SMILES string of the molecule is CC(C)CN1C[C@H]2OCC[C@H]2[C@H](C(=O)NCc2ccco2)C1. The van der Waals surface area contributed by atoms with E-state index in [0.29, 0.717) is 18.4 Å². The second-order valence-corrected chi connectivity index (χ2v) is 6.88. The van der Waals surface area contributed by atoms with Crippen molar-refractivity contribution in [1.82, 2.24) is 10.2 Å². The van der Waals surface area contributed by atoms with Crippen LogP contribution in [0.5, 0.6) is 0 Å². The molecule has 0 radical (unpaired) electrons. The summed E-state index contributed by atoms with van der Waals surface area (Å²) < 4.78 is 11.1. The minimum absolute atomic E-state index is 0.0231. The molecular formula is C17H26N2O3. The van der Waals surface area contributed by atoms with Crippen LogP contribution >= 0.6 is 0 Å². The zero-order valence-electron chi connectivity index (χ0n) is 13.5. The number of fused-ring (bicyclic) bond motifs is 1. The molecule has 0 spiro atoms. The maximum absolute atomic E-state index is 12.6. The Balaban J connectivity index is 1.62. The van der Waals surface area contributed by atoms with Gasteiger partial charge in [-0.1, -0.05) is 13.8 Å². The van der Waals surface area contributed by atoms with E-state index in [0.717, 1.165) is 38.4 Å². The highest BCUT2D eigenvalue weighted by atomic mass is 16.5. The number of likely N-dealkylation sites (tertiary alicyclic amines) is 1. The van der Waals surface area contributed by atoms with Crippen LogP contribution < -0.4 is 5.32 Å². The van der Waals surface area contributed by atoms with Crippen molar-refractivity contribution >= 4 is 5.91 Å². The molecule has 3 atom stereocenters. The van der Waals surface area contributed by atoms with Crippen LogP contribution in [-0.2, 0) is 16.1 Å². The lowest BCUT2D eigenvalue weighted by Crippen LogP contribution is -2.53. The van der Waals surface area contributed by atoms with E-state index in [2.05, 4.69) is 24.1 Å². The lowest BCUT2D eigenvalue weighted by Gasteiger charge is -2.40. The molecule has 2 fully saturated rings. The first-order valence-electron chi connectivity index (χ1n) is 8.27. The van der Waals surface area contributed by atoms with E-state index < -0.39 is 0 Å². The highest BCUT2D eigenvalue weighted by molar-refractivity contribution is 5.79.